The van der Waals surface area contributed by atoms with Gasteiger partial charge in [0.05, 0.1) is 25.3 Å². The topological polar surface area (TPSA) is 93.8 Å². The predicted molar refractivity (Wildman–Crippen MR) is 80.7 cm³/mol. The van der Waals surface area contributed by atoms with E-state index in [2.05, 4.69) is 4.98 Å². The SMILES string of the molecule is COc1cc2ncn(-c3cc(O)c(C(=O)O)s3)c2cc1OC. The van der Waals surface area contributed by atoms with Gasteiger partial charge in [0.1, 0.15) is 17.1 Å². The number of thiophene rings is 1. The van der Waals surface area contributed by atoms with Crippen LogP contribution in [0.5, 0.6) is 17.2 Å². The molecule has 2 aromatic heterocycles. The van der Waals surface area contributed by atoms with Crippen LogP contribution in [0.2, 0.25) is 0 Å². The lowest BCUT2D eigenvalue weighted by atomic mass is 10.2. The number of benzene rings is 1. The summed E-state index contributed by atoms with van der Waals surface area (Å²) in [6.45, 7) is 0. The Kier molecular flexibility index (Phi) is 3.38. The molecule has 0 atom stereocenters. The maximum atomic E-state index is 11.0. The van der Waals surface area contributed by atoms with Crippen molar-refractivity contribution in [3.63, 3.8) is 0 Å². The Morgan fingerprint density at radius 3 is 2.50 bits per heavy atom. The monoisotopic (exact) mass is 320 g/mol. The summed E-state index contributed by atoms with van der Waals surface area (Å²) in [5.41, 5.74) is 1.39. The molecule has 0 amide bonds. The number of hydrogen-bond acceptors (Lipinski definition) is 6. The minimum absolute atomic E-state index is 0.114. The number of imidazole rings is 1. The van der Waals surface area contributed by atoms with Crippen LogP contribution in [-0.2, 0) is 0 Å². The molecule has 22 heavy (non-hydrogen) atoms. The molecule has 2 N–H and O–H groups in total. The summed E-state index contributed by atoms with van der Waals surface area (Å²) in [4.78, 5) is 15.2. The van der Waals surface area contributed by atoms with Gasteiger partial charge in [-0.25, -0.2) is 9.78 Å². The number of hydrogen-bond donors (Lipinski definition) is 2. The van der Waals surface area contributed by atoms with Gasteiger partial charge in [-0.15, -0.1) is 11.3 Å². The fourth-order valence-electron chi connectivity index (χ4n) is 2.15. The Morgan fingerprint density at radius 2 is 1.91 bits per heavy atom. The summed E-state index contributed by atoms with van der Waals surface area (Å²) >= 11 is 0.965. The zero-order chi connectivity index (χ0) is 15.9. The number of carboxylic acid groups (broad SMARTS) is 1. The minimum Gasteiger partial charge on any atom is -0.506 e. The molecule has 0 saturated heterocycles. The first-order valence-corrected chi connectivity index (χ1v) is 7.02. The summed E-state index contributed by atoms with van der Waals surface area (Å²) in [5, 5.41) is 19.3. The predicted octanol–water partition coefficient (Wildman–Crippen LogP) is 2.51. The molecule has 7 nitrogen and oxygen atoms in total. The summed E-state index contributed by atoms with van der Waals surface area (Å²) in [7, 11) is 3.07. The van der Waals surface area contributed by atoms with Gasteiger partial charge >= 0.3 is 5.97 Å². The van der Waals surface area contributed by atoms with Crippen LogP contribution in [0, 0.1) is 0 Å². The Bertz CT molecular complexity index is 868. The van der Waals surface area contributed by atoms with E-state index in [1.165, 1.54) is 20.3 Å². The Hall–Kier alpha value is -2.74. The maximum Gasteiger partial charge on any atom is 0.349 e. The molecule has 0 unspecified atom stereocenters. The Labute approximate surface area is 129 Å². The largest absolute Gasteiger partial charge is 0.506 e. The third-order valence-electron chi connectivity index (χ3n) is 3.18. The smallest absolute Gasteiger partial charge is 0.349 e. The average Bonchev–Trinajstić information content (AvgIpc) is 3.08. The van der Waals surface area contributed by atoms with Crippen LogP contribution in [0.25, 0.3) is 16.0 Å². The van der Waals surface area contributed by atoms with E-state index in [9.17, 15) is 9.90 Å². The van der Waals surface area contributed by atoms with Crippen molar-refractivity contribution in [2.75, 3.05) is 14.2 Å². The van der Waals surface area contributed by atoms with Crippen LogP contribution in [-0.4, -0.2) is 40.0 Å². The lowest BCUT2D eigenvalue weighted by Crippen LogP contribution is -1.93. The zero-order valence-electron chi connectivity index (χ0n) is 11.7. The van der Waals surface area contributed by atoms with E-state index in [1.807, 2.05) is 0 Å². The molecule has 0 saturated carbocycles. The lowest BCUT2D eigenvalue weighted by Gasteiger charge is -2.08. The van der Waals surface area contributed by atoms with Gasteiger partial charge < -0.3 is 19.7 Å². The van der Waals surface area contributed by atoms with Crippen LogP contribution in [0.3, 0.4) is 0 Å². The van der Waals surface area contributed by atoms with E-state index in [0.29, 0.717) is 22.0 Å². The number of carboxylic acids is 1. The molecule has 0 aliphatic carbocycles. The van der Waals surface area contributed by atoms with Crippen molar-refractivity contribution >= 4 is 28.3 Å². The second-order valence-electron chi connectivity index (χ2n) is 4.41. The summed E-state index contributed by atoms with van der Waals surface area (Å²) in [6.07, 6.45) is 1.56. The van der Waals surface area contributed by atoms with Gasteiger partial charge in [0.15, 0.2) is 16.4 Å². The third-order valence-corrected chi connectivity index (χ3v) is 4.30. The molecule has 0 spiro atoms. The third kappa shape index (κ3) is 2.13. The highest BCUT2D eigenvalue weighted by Gasteiger charge is 2.18. The molecule has 0 radical (unpaired) electrons. The van der Waals surface area contributed by atoms with Gasteiger partial charge in [0, 0.05) is 18.2 Å². The highest BCUT2D eigenvalue weighted by atomic mass is 32.1. The van der Waals surface area contributed by atoms with Gasteiger partial charge in [-0.05, 0) is 0 Å². The molecule has 1 aromatic carbocycles. The molecule has 0 aliphatic heterocycles. The number of nitrogens with zero attached hydrogens (tertiary/aromatic N) is 2. The molecule has 8 heteroatoms. The second-order valence-corrected chi connectivity index (χ2v) is 5.45. The lowest BCUT2D eigenvalue weighted by molar-refractivity contribution is 0.0699. The van der Waals surface area contributed by atoms with Gasteiger partial charge in [-0.1, -0.05) is 0 Å². The fraction of sp³-hybridized carbons (Fsp3) is 0.143. The first kappa shape index (κ1) is 14.2. The van der Waals surface area contributed by atoms with Crippen LogP contribution in [0.4, 0.5) is 0 Å². The number of aromatic hydroxyl groups is 1. The quantitative estimate of drug-likeness (QED) is 0.767. The van der Waals surface area contributed by atoms with Crippen molar-refractivity contribution < 1.29 is 24.5 Å². The van der Waals surface area contributed by atoms with Crippen molar-refractivity contribution in [1.82, 2.24) is 9.55 Å². The standard InChI is InChI=1S/C14H12N2O5S/c1-20-10-3-7-8(4-11(10)21-2)16(6-15-7)12-5-9(17)13(22-12)14(18)19/h3-6,17H,1-2H3,(H,18,19). The van der Waals surface area contributed by atoms with E-state index < -0.39 is 5.97 Å². The van der Waals surface area contributed by atoms with Gasteiger partial charge in [-0.3, -0.25) is 4.57 Å². The van der Waals surface area contributed by atoms with Crippen LogP contribution in [0.1, 0.15) is 9.67 Å². The van der Waals surface area contributed by atoms with Gasteiger partial charge in [0.25, 0.3) is 0 Å². The van der Waals surface area contributed by atoms with Crippen molar-refractivity contribution in [2.24, 2.45) is 0 Å². The fourth-order valence-corrected chi connectivity index (χ4v) is 3.03. The molecular weight excluding hydrogens is 308 g/mol. The number of fused-ring (bicyclic) bond motifs is 1. The van der Waals surface area contributed by atoms with Gasteiger partial charge in [0.2, 0.25) is 0 Å². The van der Waals surface area contributed by atoms with Crippen molar-refractivity contribution in [1.29, 1.82) is 0 Å². The molecule has 3 rings (SSSR count). The first-order valence-electron chi connectivity index (χ1n) is 6.20. The summed E-state index contributed by atoms with van der Waals surface area (Å²) in [6, 6.07) is 4.88. The molecular formula is C14H12N2O5S. The molecule has 2 heterocycles. The molecule has 3 aromatic rings. The van der Waals surface area contributed by atoms with Crippen LogP contribution in [0.15, 0.2) is 24.5 Å². The molecule has 0 bridgehead atoms. The van der Waals surface area contributed by atoms with Crippen molar-refractivity contribution in [3.8, 4) is 22.2 Å². The van der Waals surface area contributed by atoms with Crippen LogP contribution < -0.4 is 9.47 Å². The molecule has 0 fully saturated rings. The number of ether oxygens (including phenoxy) is 2. The number of methoxy groups -OCH3 is 2. The average molecular weight is 320 g/mol. The highest BCUT2D eigenvalue weighted by molar-refractivity contribution is 7.16. The summed E-state index contributed by atoms with van der Waals surface area (Å²) in [5.74, 6) is -0.344. The normalized spacial score (nSPS) is 10.8. The first-order chi connectivity index (χ1) is 10.5. The van der Waals surface area contributed by atoms with E-state index in [1.54, 1.807) is 23.0 Å². The highest BCUT2D eigenvalue weighted by Crippen LogP contribution is 2.36. The van der Waals surface area contributed by atoms with E-state index in [-0.39, 0.29) is 10.6 Å². The number of aromatic nitrogens is 2. The number of rotatable bonds is 4. The maximum absolute atomic E-state index is 11.0. The Balaban J connectivity index is 2.19. The number of carbonyl (C=O) groups is 1. The second kappa shape index (κ2) is 5.23. The van der Waals surface area contributed by atoms with Crippen molar-refractivity contribution in [3.05, 3.63) is 29.4 Å². The van der Waals surface area contributed by atoms with Crippen LogP contribution >= 0.6 is 11.3 Å². The molecule has 0 aliphatic rings. The minimum atomic E-state index is -1.17. The Morgan fingerprint density at radius 1 is 1.23 bits per heavy atom. The molecule has 114 valence electrons. The number of aromatic carboxylic acids is 1. The van der Waals surface area contributed by atoms with E-state index in [4.69, 9.17) is 14.6 Å². The van der Waals surface area contributed by atoms with Crippen molar-refractivity contribution in [2.45, 2.75) is 0 Å². The van der Waals surface area contributed by atoms with E-state index in [0.717, 1.165) is 16.9 Å². The van der Waals surface area contributed by atoms with Gasteiger partial charge in [-0.2, -0.15) is 0 Å². The van der Waals surface area contributed by atoms with E-state index >= 15 is 0 Å². The summed E-state index contributed by atoms with van der Waals surface area (Å²) < 4.78 is 12.2. The zero-order valence-corrected chi connectivity index (χ0v) is 12.5.